The Kier molecular flexibility index (Phi) is 4.46. The maximum Gasteiger partial charge on any atom is 0.123 e. The van der Waals surface area contributed by atoms with Gasteiger partial charge in [0.25, 0.3) is 0 Å². The van der Waals surface area contributed by atoms with E-state index in [-0.39, 0.29) is 17.2 Å². The van der Waals surface area contributed by atoms with E-state index in [4.69, 9.17) is 11.1 Å². The molecule has 0 aromatic heterocycles. The van der Waals surface area contributed by atoms with Gasteiger partial charge < -0.3 is 5.73 Å². The molecule has 18 heavy (non-hydrogen) atoms. The van der Waals surface area contributed by atoms with Crippen LogP contribution in [0.1, 0.15) is 38.3 Å². The lowest BCUT2D eigenvalue weighted by Crippen LogP contribution is -2.40. The third-order valence-corrected chi connectivity index (χ3v) is 3.67. The van der Waals surface area contributed by atoms with E-state index < -0.39 is 0 Å². The van der Waals surface area contributed by atoms with Crippen LogP contribution in [0.4, 0.5) is 4.39 Å². The fourth-order valence-electron chi connectivity index (χ4n) is 1.68. The molecular formula is C14H22FN3. The van der Waals surface area contributed by atoms with Crippen molar-refractivity contribution in [3.63, 3.8) is 0 Å². The maximum absolute atomic E-state index is 13.2. The molecule has 3 N–H and O–H groups in total. The van der Waals surface area contributed by atoms with Crippen LogP contribution in [0, 0.1) is 11.2 Å². The molecule has 1 rings (SSSR count). The van der Waals surface area contributed by atoms with E-state index in [2.05, 4.69) is 25.7 Å². The molecule has 0 atom stereocenters. The molecule has 1 aromatic rings. The number of nitrogens with two attached hydrogens (primary N) is 1. The topological polar surface area (TPSA) is 53.1 Å². The van der Waals surface area contributed by atoms with Crippen molar-refractivity contribution >= 4 is 5.84 Å². The molecule has 0 amide bonds. The fraction of sp³-hybridized carbons (Fsp3) is 0.500. The third-order valence-electron chi connectivity index (χ3n) is 3.67. The van der Waals surface area contributed by atoms with Gasteiger partial charge in [0.1, 0.15) is 11.7 Å². The molecule has 0 spiro atoms. The summed E-state index contributed by atoms with van der Waals surface area (Å²) in [7, 11) is 2.02. The highest BCUT2D eigenvalue weighted by atomic mass is 19.1. The molecule has 0 aliphatic rings. The average Bonchev–Trinajstić information content (AvgIpc) is 2.31. The quantitative estimate of drug-likeness (QED) is 0.624. The normalized spacial score (nSPS) is 11.9. The highest BCUT2D eigenvalue weighted by Crippen LogP contribution is 2.21. The molecule has 3 nitrogen and oxygen atoms in total. The molecule has 0 saturated carbocycles. The first-order chi connectivity index (χ1) is 8.27. The Hall–Kier alpha value is -1.42. The van der Waals surface area contributed by atoms with Crippen molar-refractivity contribution in [2.45, 2.75) is 39.3 Å². The summed E-state index contributed by atoms with van der Waals surface area (Å²) < 4.78 is 13.2. The minimum absolute atomic E-state index is 0.0580. The van der Waals surface area contributed by atoms with Crippen LogP contribution in [0.15, 0.2) is 18.2 Å². The van der Waals surface area contributed by atoms with Gasteiger partial charge in [-0.3, -0.25) is 10.3 Å². The molecule has 0 aliphatic carbocycles. The molecule has 0 fully saturated rings. The van der Waals surface area contributed by atoms with Crippen molar-refractivity contribution in [3.05, 3.63) is 35.1 Å². The lowest BCUT2D eigenvalue weighted by Gasteiger charge is -2.35. The number of benzene rings is 1. The van der Waals surface area contributed by atoms with Crippen LogP contribution in [0.2, 0.25) is 0 Å². The largest absolute Gasteiger partial charge is 0.384 e. The average molecular weight is 251 g/mol. The second-order valence-electron chi connectivity index (χ2n) is 5.24. The minimum Gasteiger partial charge on any atom is -0.384 e. The van der Waals surface area contributed by atoms with Crippen LogP contribution in [0.3, 0.4) is 0 Å². The molecular weight excluding hydrogens is 229 g/mol. The molecule has 0 unspecified atom stereocenters. The first-order valence-corrected chi connectivity index (χ1v) is 6.12. The van der Waals surface area contributed by atoms with Gasteiger partial charge in [0, 0.05) is 17.6 Å². The van der Waals surface area contributed by atoms with E-state index in [0.29, 0.717) is 12.1 Å². The van der Waals surface area contributed by atoms with Gasteiger partial charge in [-0.05, 0) is 45.0 Å². The summed E-state index contributed by atoms with van der Waals surface area (Å²) in [6.45, 7) is 7.09. The van der Waals surface area contributed by atoms with Crippen molar-refractivity contribution in [2.24, 2.45) is 5.73 Å². The molecule has 0 heterocycles. The summed E-state index contributed by atoms with van der Waals surface area (Å²) in [5.41, 5.74) is 6.92. The zero-order chi connectivity index (χ0) is 13.9. The number of rotatable bonds is 5. The predicted molar refractivity (Wildman–Crippen MR) is 73.3 cm³/mol. The summed E-state index contributed by atoms with van der Waals surface area (Å²) in [5, 5.41) is 7.51. The van der Waals surface area contributed by atoms with Crippen molar-refractivity contribution in [1.29, 1.82) is 5.41 Å². The molecule has 0 saturated heterocycles. The van der Waals surface area contributed by atoms with Gasteiger partial charge in [0.05, 0.1) is 0 Å². The van der Waals surface area contributed by atoms with Crippen molar-refractivity contribution < 1.29 is 4.39 Å². The summed E-state index contributed by atoms with van der Waals surface area (Å²) in [6.07, 6.45) is 1.01. The number of nitrogens with one attached hydrogen (secondary N) is 1. The number of nitrogens with zero attached hydrogens (tertiary/aromatic N) is 1. The molecule has 100 valence electrons. The van der Waals surface area contributed by atoms with Gasteiger partial charge in [-0.15, -0.1) is 0 Å². The van der Waals surface area contributed by atoms with Crippen LogP contribution >= 0.6 is 0 Å². The summed E-state index contributed by atoms with van der Waals surface area (Å²) in [6, 6.07) is 4.44. The highest BCUT2D eigenvalue weighted by Gasteiger charge is 2.22. The van der Waals surface area contributed by atoms with E-state index in [1.807, 2.05) is 7.05 Å². The van der Waals surface area contributed by atoms with E-state index >= 15 is 0 Å². The molecule has 0 bridgehead atoms. The van der Waals surface area contributed by atoms with Gasteiger partial charge >= 0.3 is 0 Å². The van der Waals surface area contributed by atoms with Gasteiger partial charge in [-0.25, -0.2) is 4.39 Å². The van der Waals surface area contributed by atoms with E-state index in [9.17, 15) is 4.39 Å². The second kappa shape index (κ2) is 5.48. The van der Waals surface area contributed by atoms with Crippen LogP contribution < -0.4 is 5.73 Å². The molecule has 0 aliphatic heterocycles. The summed E-state index contributed by atoms with van der Waals surface area (Å²) in [5.74, 6) is -0.450. The number of nitrogen functional groups attached to an aromatic ring is 1. The van der Waals surface area contributed by atoms with Gasteiger partial charge in [-0.1, -0.05) is 13.0 Å². The Balaban J connectivity index is 3.01. The lowest BCUT2D eigenvalue weighted by atomic mass is 9.98. The number of hydrogen-bond donors (Lipinski definition) is 2. The molecule has 1 aromatic carbocycles. The second-order valence-corrected chi connectivity index (χ2v) is 5.24. The Morgan fingerprint density at radius 3 is 2.56 bits per heavy atom. The van der Waals surface area contributed by atoms with E-state index in [1.54, 1.807) is 6.07 Å². The Morgan fingerprint density at radius 2 is 2.06 bits per heavy atom. The predicted octanol–water partition coefficient (Wildman–Crippen LogP) is 2.73. The van der Waals surface area contributed by atoms with Crippen molar-refractivity contribution in [2.75, 3.05) is 7.05 Å². The third kappa shape index (κ3) is 3.29. The standard InChI is InChI=1S/C14H22FN3/c1-5-14(2,3)18(4)9-10-6-7-11(15)8-12(10)13(16)17/h6-8H,5,9H2,1-4H3,(H3,16,17). The Labute approximate surface area is 108 Å². The monoisotopic (exact) mass is 251 g/mol. The zero-order valence-electron chi connectivity index (χ0n) is 11.5. The smallest absolute Gasteiger partial charge is 0.123 e. The molecule has 4 heteroatoms. The van der Waals surface area contributed by atoms with Gasteiger partial charge in [-0.2, -0.15) is 0 Å². The Morgan fingerprint density at radius 1 is 1.44 bits per heavy atom. The minimum atomic E-state index is -0.360. The zero-order valence-corrected chi connectivity index (χ0v) is 11.5. The van der Waals surface area contributed by atoms with Gasteiger partial charge in [0.15, 0.2) is 0 Å². The van der Waals surface area contributed by atoms with Gasteiger partial charge in [0.2, 0.25) is 0 Å². The number of hydrogen-bond acceptors (Lipinski definition) is 2. The number of halogens is 1. The van der Waals surface area contributed by atoms with E-state index in [0.717, 1.165) is 12.0 Å². The maximum atomic E-state index is 13.2. The van der Waals surface area contributed by atoms with Crippen molar-refractivity contribution in [1.82, 2.24) is 4.90 Å². The summed E-state index contributed by atoms with van der Waals surface area (Å²) >= 11 is 0. The SMILES string of the molecule is CCC(C)(C)N(C)Cc1ccc(F)cc1C(=N)N. The van der Waals surface area contributed by atoms with E-state index in [1.165, 1.54) is 12.1 Å². The molecule has 0 radical (unpaired) electrons. The van der Waals surface area contributed by atoms with Crippen LogP contribution in [-0.2, 0) is 6.54 Å². The summed E-state index contributed by atoms with van der Waals surface area (Å²) in [4.78, 5) is 2.19. The number of amidine groups is 1. The fourth-order valence-corrected chi connectivity index (χ4v) is 1.68. The first-order valence-electron chi connectivity index (χ1n) is 6.12. The van der Waals surface area contributed by atoms with Crippen LogP contribution in [0.5, 0.6) is 0 Å². The Bertz CT molecular complexity index is 441. The highest BCUT2D eigenvalue weighted by molar-refractivity contribution is 5.96. The van der Waals surface area contributed by atoms with Crippen molar-refractivity contribution in [3.8, 4) is 0 Å². The van der Waals surface area contributed by atoms with Crippen LogP contribution in [0.25, 0.3) is 0 Å². The first kappa shape index (κ1) is 14.6. The van der Waals surface area contributed by atoms with Crippen LogP contribution in [-0.4, -0.2) is 23.3 Å². The lowest BCUT2D eigenvalue weighted by molar-refractivity contribution is 0.143.